The van der Waals surface area contributed by atoms with Crippen molar-refractivity contribution >= 4 is 0 Å². The molecule has 0 spiro atoms. The second kappa shape index (κ2) is 3.65. The number of hydrogen-bond acceptors (Lipinski definition) is 0. The van der Waals surface area contributed by atoms with Crippen molar-refractivity contribution in [2.75, 3.05) is 0 Å². The highest BCUT2D eigenvalue weighted by atomic mass is 19.1. The Bertz CT molecular complexity index is 62.5. The Morgan fingerprint density at radius 1 is 1.12 bits per heavy atom. The number of halogens is 1. The van der Waals surface area contributed by atoms with Gasteiger partial charge in [0.25, 0.3) is 0 Å². The van der Waals surface area contributed by atoms with E-state index in [2.05, 4.69) is 0 Å². The van der Waals surface area contributed by atoms with Gasteiger partial charge in [-0.2, -0.15) is 0 Å². The highest BCUT2D eigenvalue weighted by Gasteiger charge is 1.88. The molecule has 0 radical (unpaired) electrons. The van der Waals surface area contributed by atoms with Crippen LogP contribution in [0.1, 0.15) is 20.8 Å². The molecule has 0 aromatic rings. The van der Waals surface area contributed by atoms with Gasteiger partial charge in [-0.25, -0.2) is 4.39 Å². The van der Waals surface area contributed by atoms with E-state index in [1.54, 1.807) is 6.08 Å². The van der Waals surface area contributed by atoms with Crippen LogP contribution in [0.15, 0.2) is 12.2 Å². The minimum absolute atomic E-state index is 0.466. The minimum atomic E-state index is -0.794. The summed E-state index contributed by atoms with van der Waals surface area (Å²) in [6.45, 7) is 5.58. The van der Waals surface area contributed by atoms with Crippen LogP contribution in [-0.4, -0.2) is 6.17 Å². The molecule has 0 amide bonds. The average molecular weight is 116 g/mol. The molecule has 0 aromatic heterocycles. The highest BCUT2D eigenvalue weighted by Crippen LogP contribution is 1.97. The van der Waals surface area contributed by atoms with E-state index in [0.29, 0.717) is 5.92 Å². The van der Waals surface area contributed by atoms with E-state index >= 15 is 0 Å². The number of alkyl halides is 1. The lowest BCUT2D eigenvalue weighted by Gasteiger charge is -1.93. The van der Waals surface area contributed by atoms with E-state index in [1.807, 2.05) is 19.9 Å². The normalized spacial score (nSPS) is 15.6. The van der Waals surface area contributed by atoms with Gasteiger partial charge in [-0.05, 0) is 12.8 Å². The molecule has 1 heteroatoms. The van der Waals surface area contributed by atoms with Crippen LogP contribution in [0, 0.1) is 5.92 Å². The Labute approximate surface area is 50.4 Å². The van der Waals surface area contributed by atoms with Crippen LogP contribution in [0.3, 0.4) is 0 Å². The van der Waals surface area contributed by atoms with E-state index in [4.69, 9.17) is 0 Å². The molecule has 0 aromatic carbocycles. The van der Waals surface area contributed by atoms with E-state index in [9.17, 15) is 4.39 Å². The third-order valence-electron chi connectivity index (χ3n) is 0.761. The van der Waals surface area contributed by atoms with Gasteiger partial charge in [-0.15, -0.1) is 0 Å². The fraction of sp³-hybridized carbons (Fsp3) is 0.714. The zero-order valence-corrected chi connectivity index (χ0v) is 5.69. The Morgan fingerprint density at radius 2 is 1.62 bits per heavy atom. The molecule has 0 aliphatic heterocycles. The van der Waals surface area contributed by atoms with Crippen LogP contribution in [0.4, 0.5) is 4.39 Å². The molecule has 0 rings (SSSR count). The smallest absolute Gasteiger partial charge is 0.115 e. The van der Waals surface area contributed by atoms with E-state index in [1.165, 1.54) is 6.92 Å². The Hall–Kier alpha value is -0.330. The van der Waals surface area contributed by atoms with E-state index < -0.39 is 6.17 Å². The van der Waals surface area contributed by atoms with Gasteiger partial charge in [-0.3, -0.25) is 0 Å². The largest absolute Gasteiger partial charge is 0.243 e. The van der Waals surface area contributed by atoms with Gasteiger partial charge in [0, 0.05) is 0 Å². The summed E-state index contributed by atoms with van der Waals surface area (Å²) in [5.41, 5.74) is 0. The summed E-state index contributed by atoms with van der Waals surface area (Å²) in [7, 11) is 0. The first-order valence-corrected chi connectivity index (χ1v) is 2.95. The van der Waals surface area contributed by atoms with E-state index in [0.717, 1.165) is 0 Å². The van der Waals surface area contributed by atoms with Gasteiger partial charge in [0.05, 0.1) is 0 Å². The summed E-state index contributed by atoms with van der Waals surface area (Å²) in [6.07, 6.45) is 2.65. The molecule has 0 bridgehead atoms. The molecule has 0 nitrogen and oxygen atoms in total. The zero-order chi connectivity index (χ0) is 6.57. The van der Waals surface area contributed by atoms with Crippen LogP contribution in [-0.2, 0) is 0 Å². The topological polar surface area (TPSA) is 0 Å². The second-order valence-electron chi connectivity index (χ2n) is 2.31. The maximum atomic E-state index is 12.0. The first kappa shape index (κ1) is 7.67. The molecule has 1 atom stereocenters. The van der Waals surface area contributed by atoms with Crippen molar-refractivity contribution in [2.45, 2.75) is 26.9 Å². The summed E-state index contributed by atoms with van der Waals surface area (Å²) in [5.74, 6) is 0.466. The Kier molecular flexibility index (Phi) is 3.49. The Balaban J connectivity index is 3.34. The van der Waals surface area contributed by atoms with Gasteiger partial charge in [0.1, 0.15) is 6.17 Å². The summed E-state index contributed by atoms with van der Waals surface area (Å²) in [6, 6.07) is 0. The van der Waals surface area contributed by atoms with Crippen molar-refractivity contribution in [3.05, 3.63) is 12.2 Å². The maximum absolute atomic E-state index is 12.0. The lowest BCUT2D eigenvalue weighted by atomic mass is 10.2. The van der Waals surface area contributed by atoms with Crippen molar-refractivity contribution in [3.8, 4) is 0 Å². The monoisotopic (exact) mass is 116 g/mol. The molecule has 1 unspecified atom stereocenters. The third kappa shape index (κ3) is 5.67. The second-order valence-corrected chi connectivity index (χ2v) is 2.31. The Morgan fingerprint density at radius 3 is 1.75 bits per heavy atom. The summed E-state index contributed by atoms with van der Waals surface area (Å²) < 4.78 is 12.0. The van der Waals surface area contributed by atoms with Crippen molar-refractivity contribution in [1.29, 1.82) is 0 Å². The molecule has 48 valence electrons. The van der Waals surface area contributed by atoms with Crippen molar-refractivity contribution < 1.29 is 4.39 Å². The molecule has 0 saturated carbocycles. The van der Waals surface area contributed by atoms with Gasteiger partial charge in [-0.1, -0.05) is 26.0 Å². The summed E-state index contributed by atoms with van der Waals surface area (Å²) in [4.78, 5) is 0. The van der Waals surface area contributed by atoms with Crippen LogP contribution >= 0.6 is 0 Å². The SMILES string of the molecule is CC(C)/C=C\C(C)F. The molecule has 8 heavy (non-hydrogen) atoms. The molecule has 0 aliphatic rings. The van der Waals surface area contributed by atoms with Crippen molar-refractivity contribution in [1.82, 2.24) is 0 Å². The number of rotatable bonds is 2. The van der Waals surface area contributed by atoms with Crippen LogP contribution in [0.2, 0.25) is 0 Å². The molecule has 0 aliphatic carbocycles. The van der Waals surface area contributed by atoms with Crippen LogP contribution in [0.25, 0.3) is 0 Å². The molecule has 0 fully saturated rings. The van der Waals surface area contributed by atoms with Crippen molar-refractivity contribution in [3.63, 3.8) is 0 Å². The fourth-order valence-electron chi connectivity index (χ4n) is 0.375. The predicted molar refractivity (Wildman–Crippen MR) is 34.5 cm³/mol. The van der Waals surface area contributed by atoms with Crippen LogP contribution < -0.4 is 0 Å². The van der Waals surface area contributed by atoms with Gasteiger partial charge in [0.15, 0.2) is 0 Å². The van der Waals surface area contributed by atoms with E-state index in [-0.39, 0.29) is 0 Å². The molecule has 0 saturated heterocycles. The summed E-state index contributed by atoms with van der Waals surface area (Å²) in [5, 5.41) is 0. The summed E-state index contributed by atoms with van der Waals surface area (Å²) >= 11 is 0. The number of hydrogen-bond donors (Lipinski definition) is 0. The molecular formula is C7H13F. The lowest BCUT2D eigenvalue weighted by Crippen LogP contribution is -1.85. The molecule has 0 heterocycles. The first-order valence-electron chi connectivity index (χ1n) is 2.95. The standard InChI is InChI=1S/C7H13F/c1-6(2)4-5-7(3)8/h4-7H,1-3H3/b5-4-. The van der Waals surface area contributed by atoms with Gasteiger partial charge in [0.2, 0.25) is 0 Å². The van der Waals surface area contributed by atoms with Crippen LogP contribution in [0.5, 0.6) is 0 Å². The first-order chi connectivity index (χ1) is 3.63. The fourth-order valence-corrected chi connectivity index (χ4v) is 0.375. The van der Waals surface area contributed by atoms with Gasteiger partial charge < -0.3 is 0 Å². The predicted octanol–water partition coefficient (Wildman–Crippen LogP) is 2.56. The third-order valence-corrected chi connectivity index (χ3v) is 0.761. The average Bonchev–Trinajstić information content (AvgIpc) is 1.61. The quantitative estimate of drug-likeness (QED) is 0.486. The van der Waals surface area contributed by atoms with Crippen molar-refractivity contribution in [2.24, 2.45) is 5.92 Å². The lowest BCUT2D eigenvalue weighted by molar-refractivity contribution is 0.429. The highest BCUT2D eigenvalue weighted by molar-refractivity contribution is 4.88. The minimum Gasteiger partial charge on any atom is -0.243 e. The van der Waals surface area contributed by atoms with Gasteiger partial charge >= 0.3 is 0 Å². The zero-order valence-electron chi connectivity index (χ0n) is 5.69. The molecule has 0 N–H and O–H groups in total. The maximum Gasteiger partial charge on any atom is 0.115 e. The number of allylic oxidation sites excluding steroid dienone is 2. The molecular weight excluding hydrogens is 103 g/mol.